The van der Waals surface area contributed by atoms with Crippen LogP contribution in [0.1, 0.15) is 50.5 Å². The van der Waals surface area contributed by atoms with Crippen molar-refractivity contribution in [2.45, 2.75) is 59.1 Å². The van der Waals surface area contributed by atoms with E-state index in [-0.39, 0.29) is 6.09 Å². The topological polar surface area (TPSA) is 32.8 Å². The van der Waals surface area contributed by atoms with E-state index >= 15 is 0 Å². The van der Waals surface area contributed by atoms with Crippen LogP contribution >= 0.6 is 11.3 Å². The molecule has 0 radical (unpaired) electrons. The van der Waals surface area contributed by atoms with E-state index in [1.807, 2.05) is 37.0 Å². The summed E-state index contributed by atoms with van der Waals surface area (Å²) < 4.78 is 5.54. The molecule has 2 saturated heterocycles. The van der Waals surface area contributed by atoms with Crippen LogP contribution in [0.5, 0.6) is 0 Å². The third-order valence-corrected chi connectivity index (χ3v) is 6.35. The maximum Gasteiger partial charge on any atom is 0.410 e. The Morgan fingerprint density at radius 2 is 1.92 bits per heavy atom. The van der Waals surface area contributed by atoms with Gasteiger partial charge in [0.2, 0.25) is 0 Å². The molecule has 2 aliphatic rings. The van der Waals surface area contributed by atoms with Gasteiger partial charge in [-0.25, -0.2) is 4.79 Å². The van der Waals surface area contributed by atoms with Gasteiger partial charge in [0, 0.05) is 24.5 Å². The van der Waals surface area contributed by atoms with Crippen LogP contribution in [-0.2, 0) is 11.3 Å². The number of likely N-dealkylation sites (tertiary alicyclic amines) is 2. The van der Waals surface area contributed by atoms with Gasteiger partial charge in [-0.1, -0.05) is 0 Å². The predicted octanol–water partition coefficient (Wildman–Crippen LogP) is 4.28. The van der Waals surface area contributed by atoms with E-state index in [1.54, 1.807) is 0 Å². The van der Waals surface area contributed by atoms with Crippen molar-refractivity contribution >= 4 is 17.4 Å². The molecule has 1 aromatic heterocycles. The number of carbonyl (C=O) groups excluding carboxylic acids is 1. The highest BCUT2D eigenvalue weighted by Gasteiger charge is 2.43. The second kappa shape index (κ2) is 6.68. The van der Waals surface area contributed by atoms with Gasteiger partial charge >= 0.3 is 6.09 Å². The highest BCUT2D eigenvalue weighted by atomic mass is 32.1. The summed E-state index contributed by atoms with van der Waals surface area (Å²) in [5.41, 5.74) is 1.32. The minimum atomic E-state index is -0.408. The third-order valence-electron chi connectivity index (χ3n) is 5.34. The van der Waals surface area contributed by atoms with E-state index in [4.69, 9.17) is 4.74 Å². The molecule has 0 bridgehead atoms. The minimum Gasteiger partial charge on any atom is -0.444 e. The van der Waals surface area contributed by atoms with Crippen LogP contribution in [0.2, 0.25) is 0 Å². The lowest BCUT2D eigenvalue weighted by Crippen LogP contribution is -2.42. The molecule has 3 rings (SSSR count). The largest absolute Gasteiger partial charge is 0.444 e. The van der Waals surface area contributed by atoms with Crippen LogP contribution in [0.15, 0.2) is 11.4 Å². The van der Waals surface area contributed by atoms with Gasteiger partial charge in [-0.15, -0.1) is 11.3 Å². The van der Waals surface area contributed by atoms with Crippen molar-refractivity contribution in [3.05, 3.63) is 21.9 Å². The lowest BCUT2D eigenvalue weighted by atomic mass is 9.78. The van der Waals surface area contributed by atoms with Gasteiger partial charge in [0.1, 0.15) is 5.60 Å². The van der Waals surface area contributed by atoms with Crippen LogP contribution in [0.25, 0.3) is 0 Å². The Morgan fingerprint density at radius 1 is 1.25 bits per heavy atom. The summed E-state index contributed by atoms with van der Waals surface area (Å²) in [7, 11) is 0. The summed E-state index contributed by atoms with van der Waals surface area (Å²) in [6.45, 7) is 13.1. The van der Waals surface area contributed by atoms with Crippen molar-refractivity contribution in [2.24, 2.45) is 5.41 Å². The molecular weight excluding hydrogens is 320 g/mol. The Bertz CT molecular complexity index is 582. The van der Waals surface area contributed by atoms with Gasteiger partial charge in [-0.05, 0) is 82.5 Å². The first-order valence-corrected chi connectivity index (χ1v) is 9.88. The second-order valence-corrected chi connectivity index (χ2v) is 9.46. The van der Waals surface area contributed by atoms with Gasteiger partial charge < -0.3 is 9.64 Å². The SMILES string of the molecule is Cc1ccsc1CN1CCC2(CC1)CCN(C(=O)OC(C)(C)C)C2. The van der Waals surface area contributed by atoms with E-state index in [0.29, 0.717) is 5.41 Å². The number of rotatable bonds is 2. The molecule has 0 N–H and O–H groups in total. The Morgan fingerprint density at radius 3 is 2.50 bits per heavy atom. The second-order valence-electron chi connectivity index (χ2n) is 8.45. The first-order chi connectivity index (χ1) is 11.3. The number of nitrogens with zero attached hydrogens (tertiary/aromatic N) is 2. The van der Waals surface area contributed by atoms with E-state index in [2.05, 4.69) is 23.3 Å². The standard InChI is InChI=1S/C19H30N2O2S/c1-15-5-12-24-16(15)13-20-9-6-19(7-10-20)8-11-21(14-19)17(22)23-18(2,3)4/h5,12H,6-11,13-14H2,1-4H3. The Hall–Kier alpha value is -1.07. The summed E-state index contributed by atoms with van der Waals surface area (Å²) in [5, 5.41) is 2.19. The first kappa shape index (κ1) is 17.7. The van der Waals surface area contributed by atoms with Crippen molar-refractivity contribution < 1.29 is 9.53 Å². The van der Waals surface area contributed by atoms with E-state index in [9.17, 15) is 4.79 Å². The van der Waals surface area contributed by atoms with Gasteiger partial charge in [0.15, 0.2) is 0 Å². The fourth-order valence-corrected chi connectivity index (χ4v) is 4.73. The zero-order valence-corrected chi connectivity index (χ0v) is 16.2. The van der Waals surface area contributed by atoms with Crippen molar-refractivity contribution in [2.75, 3.05) is 26.2 Å². The quantitative estimate of drug-likeness (QED) is 0.798. The van der Waals surface area contributed by atoms with Crippen molar-refractivity contribution in [1.29, 1.82) is 0 Å². The molecule has 0 unspecified atom stereocenters. The Balaban J connectivity index is 1.51. The van der Waals surface area contributed by atoms with Crippen LogP contribution in [-0.4, -0.2) is 47.7 Å². The fourth-order valence-electron chi connectivity index (χ4n) is 3.78. The molecule has 0 aliphatic carbocycles. The Kier molecular flexibility index (Phi) is 4.94. The molecule has 24 heavy (non-hydrogen) atoms. The molecule has 4 nitrogen and oxygen atoms in total. The molecule has 134 valence electrons. The number of hydrogen-bond donors (Lipinski definition) is 0. The van der Waals surface area contributed by atoms with Gasteiger partial charge in [0.05, 0.1) is 0 Å². The molecule has 2 fully saturated rings. The Labute approximate surface area is 149 Å². The van der Waals surface area contributed by atoms with Crippen LogP contribution in [0.3, 0.4) is 0 Å². The highest BCUT2D eigenvalue weighted by molar-refractivity contribution is 7.10. The number of hydrogen-bond acceptors (Lipinski definition) is 4. The minimum absolute atomic E-state index is 0.143. The maximum atomic E-state index is 12.3. The summed E-state index contributed by atoms with van der Waals surface area (Å²) >= 11 is 1.87. The molecule has 0 atom stereocenters. The lowest BCUT2D eigenvalue weighted by molar-refractivity contribution is 0.0246. The smallest absolute Gasteiger partial charge is 0.410 e. The zero-order valence-electron chi connectivity index (χ0n) is 15.4. The monoisotopic (exact) mass is 350 g/mol. The molecular formula is C19H30N2O2S. The van der Waals surface area contributed by atoms with Crippen LogP contribution in [0, 0.1) is 12.3 Å². The van der Waals surface area contributed by atoms with E-state index < -0.39 is 5.60 Å². The average molecular weight is 351 g/mol. The molecule has 1 amide bonds. The van der Waals surface area contributed by atoms with Gasteiger partial charge in [-0.2, -0.15) is 0 Å². The molecule has 1 aromatic rings. The predicted molar refractivity (Wildman–Crippen MR) is 98.4 cm³/mol. The highest BCUT2D eigenvalue weighted by Crippen LogP contribution is 2.41. The summed E-state index contributed by atoms with van der Waals surface area (Å²) in [6, 6.07) is 2.21. The number of piperidine rings is 1. The van der Waals surface area contributed by atoms with E-state index in [1.165, 1.54) is 23.3 Å². The number of thiophene rings is 1. The van der Waals surface area contributed by atoms with Gasteiger partial charge in [0.25, 0.3) is 0 Å². The molecule has 0 aromatic carbocycles. The molecule has 1 spiro atoms. The fraction of sp³-hybridized carbons (Fsp3) is 0.737. The summed E-state index contributed by atoms with van der Waals surface area (Å²) in [4.78, 5) is 18.3. The number of ether oxygens (including phenoxy) is 1. The average Bonchev–Trinajstić information content (AvgIpc) is 3.08. The van der Waals surface area contributed by atoms with Crippen molar-refractivity contribution in [3.63, 3.8) is 0 Å². The number of carbonyl (C=O) groups is 1. The normalized spacial score (nSPS) is 21.4. The van der Waals surface area contributed by atoms with Crippen LogP contribution < -0.4 is 0 Å². The zero-order chi connectivity index (χ0) is 17.4. The lowest BCUT2D eigenvalue weighted by Gasteiger charge is -2.39. The van der Waals surface area contributed by atoms with Gasteiger partial charge in [-0.3, -0.25) is 4.90 Å². The summed E-state index contributed by atoms with van der Waals surface area (Å²) in [6.07, 6.45) is 3.36. The molecule has 2 aliphatic heterocycles. The first-order valence-electron chi connectivity index (χ1n) is 9.00. The third kappa shape index (κ3) is 4.12. The van der Waals surface area contributed by atoms with E-state index in [0.717, 1.165) is 39.1 Å². The maximum absolute atomic E-state index is 12.3. The number of amides is 1. The van der Waals surface area contributed by atoms with Crippen molar-refractivity contribution in [3.8, 4) is 0 Å². The molecule has 5 heteroatoms. The number of aryl methyl sites for hydroxylation is 1. The summed E-state index contributed by atoms with van der Waals surface area (Å²) in [5.74, 6) is 0. The van der Waals surface area contributed by atoms with Crippen molar-refractivity contribution in [1.82, 2.24) is 9.80 Å². The van der Waals surface area contributed by atoms with Crippen LogP contribution in [0.4, 0.5) is 4.79 Å². The molecule has 0 saturated carbocycles. The molecule has 3 heterocycles.